The van der Waals surface area contributed by atoms with Crippen LogP contribution in [0.15, 0.2) is 36.7 Å². The van der Waals surface area contributed by atoms with Crippen LogP contribution in [0.25, 0.3) is 10.2 Å². The first-order valence-electron chi connectivity index (χ1n) is 10.5. The number of anilines is 1. The van der Waals surface area contributed by atoms with Gasteiger partial charge < -0.3 is 4.90 Å². The number of nitrogens with zero attached hydrogens (tertiary/aromatic N) is 5. The summed E-state index contributed by atoms with van der Waals surface area (Å²) in [6.45, 7) is 4.77. The molecule has 1 unspecified atom stereocenters. The molecule has 1 aromatic carbocycles. The van der Waals surface area contributed by atoms with E-state index in [1.54, 1.807) is 6.33 Å². The molecule has 0 bridgehead atoms. The first-order valence-corrected chi connectivity index (χ1v) is 11.3. The average Bonchev–Trinajstić information content (AvgIpc) is 3.46. The third kappa shape index (κ3) is 4.12. The van der Waals surface area contributed by atoms with Crippen LogP contribution in [-0.2, 0) is 13.0 Å². The van der Waals surface area contributed by atoms with E-state index in [1.165, 1.54) is 16.9 Å². The van der Waals surface area contributed by atoms with Gasteiger partial charge >= 0.3 is 0 Å². The van der Waals surface area contributed by atoms with Gasteiger partial charge in [0.1, 0.15) is 17.0 Å². The summed E-state index contributed by atoms with van der Waals surface area (Å²) >= 11 is 1.34. The highest BCUT2D eigenvalue weighted by molar-refractivity contribution is 7.18. The zero-order chi connectivity index (χ0) is 21.4. The molecule has 0 radical (unpaired) electrons. The van der Waals surface area contributed by atoms with Crippen LogP contribution in [0.5, 0.6) is 0 Å². The van der Waals surface area contributed by atoms with Gasteiger partial charge in [-0.25, -0.2) is 18.7 Å². The van der Waals surface area contributed by atoms with Gasteiger partial charge in [0, 0.05) is 42.9 Å². The summed E-state index contributed by atoms with van der Waals surface area (Å²) in [5.74, 6) is 0.874. The molecule has 0 saturated carbocycles. The smallest absolute Gasteiger partial charge is 0.243 e. The highest BCUT2D eigenvalue weighted by Crippen LogP contribution is 2.43. The Kier molecular flexibility index (Phi) is 5.32. The number of likely N-dealkylation sites (tertiary alicyclic amines) is 1. The summed E-state index contributed by atoms with van der Waals surface area (Å²) in [4.78, 5) is 15.1. The van der Waals surface area contributed by atoms with Crippen molar-refractivity contribution in [3.05, 3.63) is 52.7 Å². The van der Waals surface area contributed by atoms with Gasteiger partial charge in [0.25, 0.3) is 0 Å². The third-order valence-corrected chi connectivity index (χ3v) is 7.50. The van der Waals surface area contributed by atoms with Crippen molar-refractivity contribution in [1.82, 2.24) is 14.9 Å². The highest BCUT2D eigenvalue weighted by atomic mass is 32.1. The predicted molar refractivity (Wildman–Crippen MR) is 117 cm³/mol. The molecule has 0 amide bonds. The molecule has 2 aromatic heterocycles. The van der Waals surface area contributed by atoms with E-state index in [4.69, 9.17) is 5.26 Å². The quantitative estimate of drug-likeness (QED) is 0.587. The molecule has 1 spiro atoms. The van der Waals surface area contributed by atoms with Gasteiger partial charge in [-0.15, -0.1) is 11.3 Å². The minimum Gasteiger partial charge on any atom is -0.355 e. The Morgan fingerprint density at radius 2 is 2.03 bits per heavy atom. The van der Waals surface area contributed by atoms with E-state index in [0.717, 1.165) is 61.6 Å². The maximum atomic E-state index is 12.8. The van der Waals surface area contributed by atoms with Gasteiger partial charge in [-0.3, -0.25) is 4.90 Å². The van der Waals surface area contributed by atoms with Gasteiger partial charge in [0.15, 0.2) is 0 Å². The van der Waals surface area contributed by atoms with Crippen LogP contribution >= 0.6 is 11.3 Å². The van der Waals surface area contributed by atoms with Crippen LogP contribution in [0, 0.1) is 16.7 Å². The molecule has 160 valence electrons. The molecule has 5 nitrogen and oxygen atoms in total. The van der Waals surface area contributed by atoms with Crippen molar-refractivity contribution < 1.29 is 8.78 Å². The molecule has 2 fully saturated rings. The zero-order valence-electron chi connectivity index (χ0n) is 17.1. The molecule has 0 aliphatic carbocycles. The molecule has 0 N–H and O–H groups in total. The van der Waals surface area contributed by atoms with Crippen LogP contribution in [0.3, 0.4) is 0 Å². The second-order valence-electron chi connectivity index (χ2n) is 8.67. The van der Waals surface area contributed by atoms with E-state index in [1.807, 2.05) is 24.3 Å². The molecule has 5 rings (SSSR count). The largest absolute Gasteiger partial charge is 0.355 e. The maximum Gasteiger partial charge on any atom is 0.243 e. The Morgan fingerprint density at radius 1 is 1.16 bits per heavy atom. The second kappa shape index (κ2) is 8.13. The fraction of sp³-hybridized carbons (Fsp3) is 0.435. The number of benzene rings is 1. The van der Waals surface area contributed by atoms with Crippen molar-refractivity contribution in [1.29, 1.82) is 5.26 Å². The molecule has 2 aliphatic heterocycles. The van der Waals surface area contributed by atoms with Crippen molar-refractivity contribution in [2.45, 2.75) is 32.2 Å². The van der Waals surface area contributed by atoms with Crippen molar-refractivity contribution in [3.63, 3.8) is 0 Å². The van der Waals surface area contributed by atoms with Gasteiger partial charge in [-0.05, 0) is 43.1 Å². The molecule has 1 atom stereocenters. The topological polar surface area (TPSA) is 56.1 Å². The summed E-state index contributed by atoms with van der Waals surface area (Å²) < 4.78 is 25.7. The molecule has 4 heterocycles. The van der Waals surface area contributed by atoms with E-state index in [0.29, 0.717) is 10.4 Å². The van der Waals surface area contributed by atoms with Gasteiger partial charge in [-0.2, -0.15) is 5.26 Å². The number of hydrogen-bond acceptors (Lipinski definition) is 6. The zero-order valence-corrected chi connectivity index (χ0v) is 17.9. The van der Waals surface area contributed by atoms with Crippen LogP contribution in [0.2, 0.25) is 0 Å². The molecule has 2 saturated heterocycles. The molecular weight excluding hydrogens is 416 g/mol. The normalized spacial score (nSPS) is 21.5. The summed E-state index contributed by atoms with van der Waals surface area (Å²) in [5.41, 5.74) is 2.10. The van der Waals surface area contributed by atoms with Gasteiger partial charge in [0.2, 0.25) is 6.43 Å². The lowest BCUT2D eigenvalue weighted by Crippen LogP contribution is -2.31. The first kappa shape index (κ1) is 20.3. The molecule has 2 aliphatic rings. The monoisotopic (exact) mass is 439 g/mol. The molecule has 8 heteroatoms. The first-order chi connectivity index (χ1) is 15.0. The SMILES string of the molecule is N#Cc1cccc(CN2CCC3(CCN(c4ncnc5sc(CC(F)F)cc45)C3)C2)c1. The number of alkyl halides is 2. The number of halogens is 2. The van der Waals surface area contributed by atoms with Crippen molar-refractivity contribution >= 4 is 27.4 Å². The summed E-state index contributed by atoms with van der Waals surface area (Å²) in [6, 6.07) is 11.9. The Bertz CT molecular complexity index is 1140. The fourth-order valence-electron chi connectivity index (χ4n) is 5.01. The fourth-order valence-corrected chi connectivity index (χ4v) is 6.00. The minimum absolute atomic E-state index is 0.228. The lowest BCUT2D eigenvalue weighted by Gasteiger charge is -2.25. The lowest BCUT2D eigenvalue weighted by atomic mass is 9.86. The average molecular weight is 440 g/mol. The lowest BCUT2D eigenvalue weighted by molar-refractivity contribution is 0.150. The summed E-state index contributed by atoms with van der Waals surface area (Å²) in [5, 5.41) is 10.0. The Morgan fingerprint density at radius 3 is 2.87 bits per heavy atom. The molecule has 3 aromatic rings. The Labute approximate surface area is 183 Å². The van der Waals surface area contributed by atoms with E-state index in [2.05, 4.69) is 31.9 Å². The van der Waals surface area contributed by atoms with Crippen LogP contribution in [0.1, 0.15) is 28.8 Å². The van der Waals surface area contributed by atoms with Crippen molar-refractivity contribution in [2.24, 2.45) is 5.41 Å². The number of nitriles is 1. The van der Waals surface area contributed by atoms with E-state index in [-0.39, 0.29) is 11.8 Å². The van der Waals surface area contributed by atoms with Crippen LogP contribution < -0.4 is 4.90 Å². The minimum atomic E-state index is -2.35. The van der Waals surface area contributed by atoms with E-state index >= 15 is 0 Å². The van der Waals surface area contributed by atoms with E-state index < -0.39 is 6.43 Å². The molecule has 31 heavy (non-hydrogen) atoms. The number of rotatable bonds is 5. The summed E-state index contributed by atoms with van der Waals surface area (Å²) in [6.07, 6.45) is 1.20. The van der Waals surface area contributed by atoms with Gasteiger partial charge in [0.05, 0.1) is 17.0 Å². The predicted octanol–water partition coefficient (Wildman–Crippen LogP) is 4.47. The van der Waals surface area contributed by atoms with Crippen LogP contribution in [-0.4, -0.2) is 47.5 Å². The number of thiophene rings is 1. The number of aromatic nitrogens is 2. The highest BCUT2D eigenvalue weighted by Gasteiger charge is 2.44. The third-order valence-electron chi connectivity index (χ3n) is 6.43. The Hall–Kier alpha value is -2.63. The van der Waals surface area contributed by atoms with Crippen molar-refractivity contribution in [3.8, 4) is 6.07 Å². The van der Waals surface area contributed by atoms with E-state index in [9.17, 15) is 8.78 Å². The maximum absolute atomic E-state index is 12.8. The molecular formula is C23H23F2N5S. The summed E-state index contributed by atoms with van der Waals surface area (Å²) in [7, 11) is 0. The standard InChI is InChI=1S/C23H23F2N5S/c24-20(25)10-18-9-19-21(27-15-28-22(19)31-18)30-7-5-23(14-30)4-6-29(13-23)12-17-3-1-2-16(8-17)11-26/h1-3,8-9,15,20H,4-7,10,12-14H2. The number of hydrogen-bond donors (Lipinski definition) is 0. The van der Waals surface area contributed by atoms with Gasteiger partial charge in [-0.1, -0.05) is 12.1 Å². The number of fused-ring (bicyclic) bond motifs is 1. The Balaban J connectivity index is 1.30. The van der Waals surface area contributed by atoms with Crippen LogP contribution in [0.4, 0.5) is 14.6 Å². The van der Waals surface area contributed by atoms with Crippen molar-refractivity contribution in [2.75, 3.05) is 31.1 Å². The second-order valence-corrected chi connectivity index (χ2v) is 9.78.